The molecule has 3 aromatic rings. The molecule has 0 radical (unpaired) electrons. The van der Waals surface area contributed by atoms with Crippen LogP contribution in [-0.4, -0.2) is 7.11 Å². The molecule has 1 saturated heterocycles. The first-order valence-corrected chi connectivity index (χ1v) is 8.70. The summed E-state index contributed by atoms with van der Waals surface area (Å²) in [5.74, 6) is 0.888. The molecule has 1 aliphatic heterocycles. The predicted molar refractivity (Wildman–Crippen MR) is 103 cm³/mol. The highest BCUT2D eigenvalue weighted by atomic mass is 16.5. The minimum atomic E-state index is -0.0366. The Balaban J connectivity index is 1.77. The average Bonchev–Trinajstić information content (AvgIpc) is 3.30. The van der Waals surface area contributed by atoms with Gasteiger partial charge >= 0.3 is 0 Å². The molecule has 25 heavy (non-hydrogen) atoms. The molecule has 1 fully saturated rings. The lowest BCUT2D eigenvalue weighted by Gasteiger charge is -2.14. The smallest absolute Gasteiger partial charge is 0.119 e. The van der Waals surface area contributed by atoms with Gasteiger partial charge in [-0.15, -0.1) is 0 Å². The van der Waals surface area contributed by atoms with Gasteiger partial charge in [0.1, 0.15) is 5.75 Å². The van der Waals surface area contributed by atoms with Crippen molar-refractivity contribution in [1.29, 1.82) is 0 Å². The highest BCUT2D eigenvalue weighted by Gasteiger charge is 2.60. The second kappa shape index (κ2) is 5.96. The molecule has 3 aromatic carbocycles. The Hall–Kier alpha value is -2.74. The van der Waals surface area contributed by atoms with E-state index < -0.39 is 0 Å². The monoisotopic (exact) mass is 329 g/mol. The first-order valence-electron chi connectivity index (χ1n) is 8.70. The number of hydrogen-bond donors (Lipinski definition) is 0. The van der Waals surface area contributed by atoms with E-state index >= 15 is 0 Å². The first-order chi connectivity index (χ1) is 12.1. The Labute approximate surface area is 149 Å². The lowest BCUT2D eigenvalue weighted by molar-refractivity contribution is 0.415. The SMILES string of the molecule is COc1ccc(N2[C@H](c3ccc(C)cc3)[C@@]2(C)c2ccccc2)cc1. The van der Waals surface area contributed by atoms with Gasteiger partial charge < -0.3 is 9.64 Å². The van der Waals surface area contributed by atoms with Gasteiger partial charge in [-0.1, -0.05) is 60.2 Å². The van der Waals surface area contributed by atoms with Crippen molar-refractivity contribution in [3.05, 3.63) is 95.6 Å². The Kier molecular flexibility index (Phi) is 3.76. The zero-order chi connectivity index (χ0) is 17.4. The van der Waals surface area contributed by atoms with Gasteiger partial charge in [-0.2, -0.15) is 0 Å². The van der Waals surface area contributed by atoms with Crippen LogP contribution < -0.4 is 9.64 Å². The third-order valence-corrected chi connectivity index (χ3v) is 5.33. The number of nitrogens with zero attached hydrogens (tertiary/aromatic N) is 1. The molecular formula is C23H23NO. The van der Waals surface area contributed by atoms with Crippen LogP contribution in [0.5, 0.6) is 5.75 Å². The number of rotatable bonds is 4. The fourth-order valence-electron chi connectivity index (χ4n) is 3.84. The molecule has 2 atom stereocenters. The minimum absolute atomic E-state index is 0.0366. The van der Waals surface area contributed by atoms with Crippen LogP contribution in [0.15, 0.2) is 78.9 Å². The van der Waals surface area contributed by atoms with Crippen molar-refractivity contribution >= 4 is 5.69 Å². The van der Waals surface area contributed by atoms with Crippen molar-refractivity contribution in [3.63, 3.8) is 0 Å². The number of hydrogen-bond acceptors (Lipinski definition) is 2. The van der Waals surface area contributed by atoms with Crippen molar-refractivity contribution in [2.75, 3.05) is 12.0 Å². The molecule has 0 aliphatic carbocycles. The molecule has 0 amide bonds. The number of benzene rings is 3. The molecule has 1 aliphatic rings. The molecule has 126 valence electrons. The molecule has 2 heteroatoms. The van der Waals surface area contributed by atoms with Crippen molar-refractivity contribution < 1.29 is 4.74 Å². The van der Waals surface area contributed by atoms with Crippen LogP contribution >= 0.6 is 0 Å². The highest BCUT2D eigenvalue weighted by Crippen LogP contribution is 2.61. The fraction of sp³-hybridized carbons (Fsp3) is 0.217. The number of anilines is 1. The Morgan fingerprint density at radius 2 is 1.48 bits per heavy atom. The van der Waals surface area contributed by atoms with Gasteiger partial charge in [-0.3, -0.25) is 0 Å². The molecule has 0 saturated carbocycles. The van der Waals surface area contributed by atoms with E-state index in [0.29, 0.717) is 6.04 Å². The van der Waals surface area contributed by atoms with Crippen molar-refractivity contribution in [2.45, 2.75) is 25.4 Å². The number of aryl methyl sites for hydroxylation is 1. The number of methoxy groups -OCH3 is 1. The zero-order valence-electron chi connectivity index (χ0n) is 14.9. The van der Waals surface area contributed by atoms with E-state index in [-0.39, 0.29) is 5.54 Å². The topological polar surface area (TPSA) is 12.2 Å². The predicted octanol–water partition coefficient (Wildman–Crippen LogP) is 5.48. The van der Waals surface area contributed by atoms with Gasteiger partial charge in [0.2, 0.25) is 0 Å². The maximum absolute atomic E-state index is 5.31. The molecule has 1 heterocycles. The number of ether oxygens (including phenoxy) is 1. The molecule has 0 unspecified atom stereocenters. The van der Waals surface area contributed by atoms with E-state index in [4.69, 9.17) is 4.74 Å². The minimum Gasteiger partial charge on any atom is -0.497 e. The molecule has 0 spiro atoms. The first kappa shape index (κ1) is 15.8. The average molecular weight is 329 g/mol. The van der Waals surface area contributed by atoms with E-state index in [1.165, 1.54) is 22.4 Å². The normalized spacial score (nSPS) is 21.9. The van der Waals surface area contributed by atoms with Crippen molar-refractivity contribution in [1.82, 2.24) is 0 Å². The van der Waals surface area contributed by atoms with Gasteiger partial charge in [0, 0.05) is 5.69 Å². The summed E-state index contributed by atoms with van der Waals surface area (Å²) in [6.45, 7) is 4.46. The zero-order valence-corrected chi connectivity index (χ0v) is 14.9. The Bertz CT molecular complexity index is 855. The van der Waals surface area contributed by atoms with Crippen LogP contribution in [0.3, 0.4) is 0 Å². The summed E-state index contributed by atoms with van der Waals surface area (Å²) < 4.78 is 5.31. The standard InChI is InChI=1S/C23H23NO/c1-17-9-11-18(12-10-17)22-23(2,19-7-5-4-6-8-19)24(22)20-13-15-21(25-3)16-14-20/h4-16,22H,1-3H3/t22-,23-,24?/m1/s1. The van der Waals surface area contributed by atoms with Gasteiger partial charge in [-0.05, 0) is 49.2 Å². The van der Waals surface area contributed by atoms with E-state index in [1.54, 1.807) is 7.11 Å². The summed E-state index contributed by atoms with van der Waals surface area (Å²) in [5.41, 5.74) is 5.18. The lowest BCUT2D eigenvalue weighted by atomic mass is 9.93. The second-order valence-corrected chi connectivity index (χ2v) is 6.89. The molecule has 0 bridgehead atoms. The van der Waals surface area contributed by atoms with Crippen molar-refractivity contribution in [3.8, 4) is 5.75 Å². The largest absolute Gasteiger partial charge is 0.497 e. The molecular weight excluding hydrogens is 306 g/mol. The van der Waals surface area contributed by atoms with Gasteiger partial charge in [0.15, 0.2) is 0 Å². The van der Waals surface area contributed by atoms with Gasteiger partial charge in [-0.25, -0.2) is 0 Å². The van der Waals surface area contributed by atoms with E-state index in [2.05, 4.69) is 85.5 Å². The van der Waals surface area contributed by atoms with Crippen LogP contribution in [-0.2, 0) is 5.54 Å². The fourth-order valence-corrected chi connectivity index (χ4v) is 3.84. The van der Waals surface area contributed by atoms with Crippen LogP contribution in [0.4, 0.5) is 5.69 Å². The molecule has 0 N–H and O–H groups in total. The van der Waals surface area contributed by atoms with E-state index in [1.807, 2.05) is 12.1 Å². The summed E-state index contributed by atoms with van der Waals surface area (Å²) in [6, 6.07) is 28.4. The summed E-state index contributed by atoms with van der Waals surface area (Å²) in [7, 11) is 1.70. The van der Waals surface area contributed by atoms with Crippen LogP contribution in [0.25, 0.3) is 0 Å². The summed E-state index contributed by atoms with van der Waals surface area (Å²) in [6.07, 6.45) is 0. The molecule has 2 nitrogen and oxygen atoms in total. The van der Waals surface area contributed by atoms with Crippen LogP contribution in [0, 0.1) is 6.92 Å². The quantitative estimate of drug-likeness (QED) is 0.588. The molecule has 4 rings (SSSR count). The maximum Gasteiger partial charge on any atom is 0.119 e. The molecule has 0 aromatic heterocycles. The van der Waals surface area contributed by atoms with Crippen LogP contribution in [0.2, 0.25) is 0 Å². The third kappa shape index (κ3) is 2.58. The maximum atomic E-state index is 5.31. The van der Waals surface area contributed by atoms with Crippen molar-refractivity contribution in [2.24, 2.45) is 0 Å². The Morgan fingerprint density at radius 1 is 0.840 bits per heavy atom. The summed E-state index contributed by atoms with van der Waals surface area (Å²) in [5, 5.41) is 0. The van der Waals surface area contributed by atoms with E-state index in [0.717, 1.165) is 5.75 Å². The summed E-state index contributed by atoms with van der Waals surface area (Å²) in [4.78, 5) is 2.49. The van der Waals surface area contributed by atoms with Crippen LogP contribution in [0.1, 0.15) is 29.7 Å². The highest BCUT2D eigenvalue weighted by molar-refractivity contribution is 5.66. The van der Waals surface area contributed by atoms with Gasteiger partial charge in [0.05, 0.1) is 18.7 Å². The second-order valence-electron chi connectivity index (χ2n) is 6.89. The third-order valence-electron chi connectivity index (χ3n) is 5.33. The van der Waals surface area contributed by atoms with Gasteiger partial charge in [0.25, 0.3) is 0 Å². The summed E-state index contributed by atoms with van der Waals surface area (Å²) >= 11 is 0. The van der Waals surface area contributed by atoms with E-state index in [9.17, 15) is 0 Å². The lowest BCUT2D eigenvalue weighted by Crippen LogP contribution is -2.11. The Morgan fingerprint density at radius 3 is 2.08 bits per heavy atom.